The van der Waals surface area contributed by atoms with Crippen molar-refractivity contribution in [1.29, 1.82) is 0 Å². The van der Waals surface area contributed by atoms with Crippen LogP contribution in [0.1, 0.15) is 58.4 Å². The number of nitrogens with zero attached hydrogens (tertiary/aromatic N) is 2. The van der Waals surface area contributed by atoms with Crippen LogP contribution in [0.4, 0.5) is 0 Å². The second-order valence-corrected chi connectivity index (χ2v) is 10.9. The lowest BCUT2D eigenvalue weighted by molar-refractivity contribution is 0.131. The molecule has 3 fully saturated rings. The van der Waals surface area contributed by atoms with Gasteiger partial charge in [0.05, 0.1) is 4.90 Å². The number of sulfonamides is 1. The van der Waals surface area contributed by atoms with Gasteiger partial charge in [-0.3, -0.25) is 4.90 Å². The zero-order valence-corrected chi connectivity index (χ0v) is 16.4. The van der Waals surface area contributed by atoms with Crippen LogP contribution in [0, 0.1) is 0 Å². The Morgan fingerprint density at radius 3 is 2.08 bits per heavy atom. The van der Waals surface area contributed by atoms with Gasteiger partial charge >= 0.3 is 0 Å². The summed E-state index contributed by atoms with van der Waals surface area (Å²) in [6.45, 7) is 8.04. The maximum Gasteiger partial charge on any atom is 0.243 e. The van der Waals surface area contributed by atoms with Crippen molar-refractivity contribution in [2.45, 2.75) is 81.3 Å². The second-order valence-electron chi connectivity index (χ2n) is 9.03. The van der Waals surface area contributed by atoms with Gasteiger partial charge in [-0.2, -0.15) is 4.31 Å². The van der Waals surface area contributed by atoms with E-state index < -0.39 is 10.0 Å². The molecule has 0 spiro atoms. The van der Waals surface area contributed by atoms with Crippen LogP contribution in [0.3, 0.4) is 0 Å². The van der Waals surface area contributed by atoms with Gasteiger partial charge in [0, 0.05) is 31.2 Å². The van der Waals surface area contributed by atoms with E-state index in [1.54, 1.807) is 16.4 Å². The molecular weight excluding hydrogens is 332 g/mol. The normalized spacial score (nSPS) is 28.9. The van der Waals surface area contributed by atoms with Crippen molar-refractivity contribution in [2.75, 3.05) is 13.1 Å². The SMILES string of the molecule is CC(C)(C)c1ccc(S(=O)(=O)N2C[C@@H]3C[C@H]2CN3C2CCCC2)cc1. The van der Waals surface area contributed by atoms with E-state index in [1.807, 2.05) is 12.1 Å². The average Bonchev–Trinajstić information content (AvgIpc) is 3.30. The third-order valence-corrected chi connectivity index (χ3v) is 8.29. The van der Waals surface area contributed by atoms with Crippen molar-refractivity contribution in [3.8, 4) is 0 Å². The van der Waals surface area contributed by atoms with Crippen LogP contribution in [0.5, 0.6) is 0 Å². The van der Waals surface area contributed by atoms with Gasteiger partial charge in [0.25, 0.3) is 0 Å². The summed E-state index contributed by atoms with van der Waals surface area (Å²) in [5.41, 5.74) is 1.21. The topological polar surface area (TPSA) is 40.6 Å². The number of likely N-dealkylation sites (tertiary alicyclic amines) is 1. The number of rotatable bonds is 3. The molecule has 0 aromatic heterocycles. The molecule has 1 aromatic carbocycles. The quantitative estimate of drug-likeness (QED) is 0.828. The van der Waals surface area contributed by atoms with Gasteiger partial charge in [-0.25, -0.2) is 8.42 Å². The number of benzene rings is 1. The minimum atomic E-state index is -3.37. The van der Waals surface area contributed by atoms with E-state index in [0.29, 0.717) is 23.5 Å². The third-order valence-electron chi connectivity index (χ3n) is 6.35. The molecule has 2 aliphatic heterocycles. The highest BCUT2D eigenvalue weighted by Gasteiger charge is 2.50. The highest BCUT2D eigenvalue weighted by molar-refractivity contribution is 7.89. The first kappa shape index (κ1) is 17.5. The van der Waals surface area contributed by atoms with Crippen molar-refractivity contribution in [1.82, 2.24) is 9.21 Å². The Morgan fingerprint density at radius 1 is 0.920 bits per heavy atom. The Hall–Kier alpha value is -0.910. The van der Waals surface area contributed by atoms with Gasteiger partial charge in [0.2, 0.25) is 10.0 Å². The smallest absolute Gasteiger partial charge is 0.243 e. The van der Waals surface area contributed by atoms with E-state index in [4.69, 9.17) is 0 Å². The molecule has 0 unspecified atom stereocenters. The Morgan fingerprint density at radius 2 is 1.56 bits per heavy atom. The Balaban J connectivity index is 1.51. The lowest BCUT2D eigenvalue weighted by atomic mass is 9.87. The molecular formula is C20H30N2O2S. The predicted molar refractivity (Wildman–Crippen MR) is 100 cm³/mol. The molecule has 2 heterocycles. The van der Waals surface area contributed by atoms with Crippen molar-refractivity contribution >= 4 is 10.0 Å². The van der Waals surface area contributed by atoms with Crippen molar-refractivity contribution in [2.24, 2.45) is 0 Å². The molecule has 2 saturated heterocycles. The Labute approximate surface area is 152 Å². The molecule has 25 heavy (non-hydrogen) atoms. The standard InChI is InChI=1S/C20H30N2O2S/c1-20(2,3)15-8-10-19(11-9-15)25(23,24)22-14-17-12-18(22)13-21(17)16-6-4-5-7-16/h8-11,16-18H,4-7,12-14H2,1-3H3/t17-,18-/m0/s1. The molecule has 0 radical (unpaired) electrons. The molecule has 5 heteroatoms. The van der Waals surface area contributed by atoms with Crippen LogP contribution >= 0.6 is 0 Å². The number of hydrogen-bond donors (Lipinski definition) is 0. The van der Waals surface area contributed by atoms with E-state index in [2.05, 4.69) is 25.7 Å². The summed E-state index contributed by atoms with van der Waals surface area (Å²) >= 11 is 0. The zero-order chi connectivity index (χ0) is 17.8. The lowest BCUT2D eigenvalue weighted by Gasteiger charge is -2.37. The predicted octanol–water partition coefficient (Wildman–Crippen LogP) is 3.37. The molecule has 4 rings (SSSR count). The van der Waals surface area contributed by atoms with E-state index >= 15 is 0 Å². The van der Waals surface area contributed by atoms with Gasteiger partial charge in [0.15, 0.2) is 0 Å². The summed E-state index contributed by atoms with van der Waals surface area (Å²) in [5.74, 6) is 0. The average molecular weight is 363 g/mol. The minimum Gasteiger partial charge on any atom is -0.294 e. The molecule has 0 amide bonds. The van der Waals surface area contributed by atoms with Gasteiger partial charge < -0.3 is 0 Å². The van der Waals surface area contributed by atoms with E-state index in [9.17, 15) is 8.42 Å². The molecule has 2 bridgehead atoms. The van der Waals surface area contributed by atoms with Gasteiger partial charge in [0.1, 0.15) is 0 Å². The van der Waals surface area contributed by atoms with Crippen molar-refractivity contribution in [3.05, 3.63) is 29.8 Å². The molecule has 1 saturated carbocycles. The van der Waals surface area contributed by atoms with Crippen LogP contribution in [0.2, 0.25) is 0 Å². The molecule has 3 aliphatic rings. The first-order valence-corrected chi connectivity index (χ1v) is 11.1. The summed E-state index contributed by atoms with van der Waals surface area (Å²) in [4.78, 5) is 3.05. The van der Waals surface area contributed by atoms with Crippen LogP contribution < -0.4 is 0 Å². The fourth-order valence-electron chi connectivity index (χ4n) is 4.90. The molecule has 0 N–H and O–H groups in total. The molecule has 1 aliphatic carbocycles. The summed E-state index contributed by atoms with van der Waals surface area (Å²) in [6.07, 6.45) is 6.27. The van der Waals surface area contributed by atoms with E-state index in [-0.39, 0.29) is 11.5 Å². The van der Waals surface area contributed by atoms with Crippen LogP contribution in [-0.2, 0) is 15.4 Å². The highest BCUT2D eigenvalue weighted by Crippen LogP contribution is 2.39. The summed E-state index contributed by atoms with van der Waals surface area (Å²) in [6, 6.07) is 8.80. The fraction of sp³-hybridized carbons (Fsp3) is 0.700. The summed E-state index contributed by atoms with van der Waals surface area (Å²) in [7, 11) is -3.37. The van der Waals surface area contributed by atoms with Crippen LogP contribution in [0.25, 0.3) is 0 Å². The number of hydrogen-bond acceptors (Lipinski definition) is 3. The van der Waals surface area contributed by atoms with Gasteiger partial charge in [-0.15, -0.1) is 0 Å². The third kappa shape index (κ3) is 3.04. The zero-order valence-electron chi connectivity index (χ0n) is 15.6. The van der Waals surface area contributed by atoms with Crippen LogP contribution in [0.15, 0.2) is 29.2 Å². The summed E-state index contributed by atoms with van der Waals surface area (Å²) < 4.78 is 28.0. The second kappa shape index (κ2) is 6.07. The minimum absolute atomic E-state index is 0.0385. The molecule has 138 valence electrons. The van der Waals surface area contributed by atoms with E-state index in [0.717, 1.165) is 13.0 Å². The number of fused-ring (bicyclic) bond motifs is 2. The first-order valence-electron chi connectivity index (χ1n) is 9.65. The Bertz CT molecular complexity index is 730. The summed E-state index contributed by atoms with van der Waals surface area (Å²) in [5, 5.41) is 0. The maximum atomic E-state index is 13.1. The molecule has 1 aromatic rings. The van der Waals surface area contributed by atoms with E-state index in [1.165, 1.54) is 31.2 Å². The van der Waals surface area contributed by atoms with Gasteiger partial charge in [-0.05, 0) is 42.4 Å². The van der Waals surface area contributed by atoms with Crippen LogP contribution in [-0.4, -0.2) is 48.8 Å². The Kier molecular flexibility index (Phi) is 4.25. The highest BCUT2D eigenvalue weighted by atomic mass is 32.2. The molecule has 4 nitrogen and oxygen atoms in total. The maximum absolute atomic E-state index is 13.1. The van der Waals surface area contributed by atoms with Crippen molar-refractivity contribution < 1.29 is 8.42 Å². The molecule has 2 atom stereocenters. The van der Waals surface area contributed by atoms with Gasteiger partial charge in [-0.1, -0.05) is 45.7 Å². The fourth-order valence-corrected chi connectivity index (χ4v) is 6.57. The largest absolute Gasteiger partial charge is 0.294 e. The number of piperazine rings is 1. The van der Waals surface area contributed by atoms with Crippen molar-refractivity contribution in [3.63, 3.8) is 0 Å². The monoisotopic (exact) mass is 362 g/mol. The lowest BCUT2D eigenvalue weighted by Crippen LogP contribution is -2.51. The first-order chi connectivity index (χ1) is 11.8.